The van der Waals surface area contributed by atoms with Crippen LogP contribution in [-0.4, -0.2) is 54.7 Å². The molecule has 10 nitrogen and oxygen atoms in total. The summed E-state index contributed by atoms with van der Waals surface area (Å²) in [4.78, 5) is 18.9. The lowest BCUT2D eigenvalue weighted by molar-refractivity contribution is 0.475. The molecule has 2 aliphatic rings. The highest BCUT2D eigenvalue weighted by Crippen LogP contribution is 2.36. The number of piperidine rings is 2. The van der Waals surface area contributed by atoms with Crippen LogP contribution in [0.1, 0.15) is 49.7 Å². The van der Waals surface area contributed by atoms with E-state index in [-0.39, 0.29) is 22.9 Å². The van der Waals surface area contributed by atoms with Gasteiger partial charge in [0.05, 0.1) is 17.1 Å². The summed E-state index contributed by atoms with van der Waals surface area (Å²) >= 11 is 0. The summed E-state index contributed by atoms with van der Waals surface area (Å²) in [5.41, 5.74) is 2.48. The van der Waals surface area contributed by atoms with Gasteiger partial charge in [-0.15, -0.1) is 0 Å². The van der Waals surface area contributed by atoms with Crippen LogP contribution in [0.3, 0.4) is 0 Å². The SMILES string of the molecule is Cc1ccc(S(=O)(=O)N(Cc2ccccc2)c2ccc(Nc3nc(N4CCCCC4)nc(N4CCCCC4)n3)cc2O)cc1. The third-order valence-corrected chi connectivity index (χ3v) is 9.94. The number of aromatic hydroxyl groups is 1. The lowest BCUT2D eigenvalue weighted by Crippen LogP contribution is -2.34. The first-order chi connectivity index (χ1) is 21.4. The van der Waals surface area contributed by atoms with Crippen LogP contribution in [0.5, 0.6) is 5.75 Å². The lowest BCUT2D eigenvalue weighted by atomic mass is 10.1. The fraction of sp³-hybridized carbons (Fsp3) is 0.364. The number of phenolic OH excluding ortho intramolecular Hbond substituents is 1. The molecule has 2 fully saturated rings. The number of aromatic nitrogens is 3. The number of aryl methyl sites for hydroxylation is 1. The van der Waals surface area contributed by atoms with Crippen LogP contribution in [-0.2, 0) is 16.6 Å². The number of hydrogen-bond acceptors (Lipinski definition) is 9. The zero-order valence-electron chi connectivity index (χ0n) is 25.1. The highest BCUT2D eigenvalue weighted by molar-refractivity contribution is 7.92. The van der Waals surface area contributed by atoms with E-state index in [1.807, 2.05) is 37.3 Å². The van der Waals surface area contributed by atoms with Crippen LogP contribution in [0, 0.1) is 6.92 Å². The number of sulfonamides is 1. The van der Waals surface area contributed by atoms with Crippen molar-refractivity contribution in [3.8, 4) is 5.75 Å². The van der Waals surface area contributed by atoms with E-state index in [9.17, 15) is 13.5 Å². The van der Waals surface area contributed by atoms with E-state index in [0.717, 1.165) is 63.0 Å². The monoisotopic (exact) mass is 613 g/mol. The first kappa shape index (κ1) is 29.7. The normalized spacial score (nSPS) is 15.7. The Labute approximate surface area is 259 Å². The van der Waals surface area contributed by atoms with Gasteiger partial charge in [0.15, 0.2) is 0 Å². The number of hydrogen-bond donors (Lipinski definition) is 2. The number of nitrogens with one attached hydrogen (secondary N) is 1. The van der Waals surface area contributed by atoms with Gasteiger partial charge in [0, 0.05) is 37.9 Å². The van der Waals surface area contributed by atoms with Gasteiger partial charge >= 0.3 is 0 Å². The second-order valence-corrected chi connectivity index (χ2v) is 13.4. The van der Waals surface area contributed by atoms with Gasteiger partial charge in [0.25, 0.3) is 10.0 Å². The smallest absolute Gasteiger partial charge is 0.264 e. The predicted octanol–water partition coefficient (Wildman–Crippen LogP) is 6.01. The molecule has 0 saturated carbocycles. The van der Waals surface area contributed by atoms with Gasteiger partial charge in [-0.3, -0.25) is 4.31 Å². The Hall–Kier alpha value is -4.38. The zero-order chi connectivity index (χ0) is 30.5. The largest absolute Gasteiger partial charge is 0.506 e. The Morgan fingerprint density at radius 3 is 1.93 bits per heavy atom. The molecule has 1 aromatic heterocycles. The van der Waals surface area contributed by atoms with E-state index in [0.29, 0.717) is 23.5 Å². The molecule has 0 amide bonds. The van der Waals surface area contributed by atoms with Crippen LogP contribution >= 0.6 is 0 Å². The van der Waals surface area contributed by atoms with E-state index in [1.54, 1.807) is 36.4 Å². The molecule has 2 saturated heterocycles. The molecule has 0 unspecified atom stereocenters. The van der Waals surface area contributed by atoms with Crippen LogP contribution < -0.4 is 19.4 Å². The molecular formula is C33H39N7O3S. The number of anilines is 5. The molecule has 0 spiro atoms. The zero-order valence-corrected chi connectivity index (χ0v) is 25.9. The molecule has 44 heavy (non-hydrogen) atoms. The maximum absolute atomic E-state index is 13.9. The van der Waals surface area contributed by atoms with E-state index >= 15 is 0 Å². The van der Waals surface area contributed by atoms with Crippen molar-refractivity contribution in [2.75, 3.05) is 45.6 Å². The minimum atomic E-state index is -3.99. The topological polar surface area (TPSA) is 115 Å². The van der Waals surface area contributed by atoms with E-state index < -0.39 is 10.0 Å². The van der Waals surface area contributed by atoms with Gasteiger partial charge in [-0.1, -0.05) is 48.0 Å². The fourth-order valence-electron chi connectivity index (χ4n) is 5.71. The van der Waals surface area contributed by atoms with Crippen molar-refractivity contribution in [2.45, 2.75) is 56.9 Å². The highest BCUT2D eigenvalue weighted by atomic mass is 32.2. The average molecular weight is 614 g/mol. The Bertz CT molecular complexity index is 1640. The molecule has 2 aliphatic heterocycles. The molecule has 230 valence electrons. The van der Waals surface area contributed by atoms with E-state index in [4.69, 9.17) is 15.0 Å². The van der Waals surface area contributed by atoms with E-state index in [1.165, 1.54) is 23.2 Å². The summed E-state index contributed by atoms with van der Waals surface area (Å²) in [5.74, 6) is 1.52. The molecule has 0 radical (unpaired) electrons. The molecule has 6 rings (SSSR count). The third-order valence-electron chi connectivity index (χ3n) is 8.17. The quantitative estimate of drug-likeness (QED) is 0.234. The summed E-state index contributed by atoms with van der Waals surface area (Å²) in [6.45, 7) is 5.60. The Morgan fingerprint density at radius 1 is 0.773 bits per heavy atom. The van der Waals surface area contributed by atoms with Crippen LogP contribution in [0.15, 0.2) is 77.7 Å². The number of rotatable bonds is 9. The Balaban J connectivity index is 1.32. The molecule has 11 heteroatoms. The van der Waals surface area contributed by atoms with Gasteiger partial charge < -0.3 is 20.2 Å². The van der Waals surface area contributed by atoms with Gasteiger partial charge in [0.2, 0.25) is 17.8 Å². The Kier molecular flexibility index (Phi) is 8.83. The second-order valence-electron chi connectivity index (χ2n) is 11.5. The van der Waals surface area contributed by atoms with Crippen molar-refractivity contribution in [1.29, 1.82) is 0 Å². The minimum Gasteiger partial charge on any atom is -0.506 e. The highest BCUT2D eigenvalue weighted by Gasteiger charge is 2.28. The van der Waals surface area contributed by atoms with Crippen molar-refractivity contribution in [2.24, 2.45) is 0 Å². The lowest BCUT2D eigenvalue weighted by Gasteiger charge is -2.30. The summed E-state index contributed by atoms with van der Waals surface area (Å²) in [6, 6.07) is 20.9. The van der Waals surface area contributed by atoms with Crippen molar-refractivity contribution >= 4 is 39.2 Å². The number of benzene rings is 3. The summed E-state index contributed by atoms with van der Waals surface area (Å²) in [5, 5.41) is 14.5. The van der Waals surface area contributed by atoms with Crippen LogP contribution in [0.4, 0.5) is 29.2 Å². The van der Waals surface area contributed by atoms with Gasteiger partial charge in [-0.25, -0.2) is 8.42 Å². The molecule has 4 aromatic rings. The first-order valence-electron chi connectivity index (χ1n) is 15.4. The molecule has 0 atom stereocenters. The van der Waals surface area contributed by atoms with Gasteiger partial charge in [0.1, 0.15) is 5.75 Å². The average Bonchev–Trinajstić information content (AvgIpc) is 3.05. The van der Waals surface area contributed by atoms with Crippen molar-refractivity contribution < 1.29 is 13.5 Å². The van der Waals surface area contributed by atoms with Gasteiger partial charge in [-0.05, 0) is 75.3 Å². The predicted molar refractivity (Wildman–Crippen MR) is 174 cm³/mol. The second kappa shape index (κ2) is 13.1. The minimum absolute atomic E-state index is 0.0588. The van der Waals surface area contributed by atoms with Crippen molar-refractivity contribution in [1.82, 2.24) is 15.0 Å². The standard InChI is InChI=1S/C33H39N7O3S/c1-25-13-16-28(17-14-25)44(42,43)40(24-26-11-5-2-6-12-26)29-18-15-27(23-30(29)41)34-31-35-32(38-19-7-3-8-20-38)37-33(36-31)39-21-9-4-10-22-39/h2,5-6,11-18,23,41H,3-4,7-10,19-22,24H2,1H3,(H,34,35,36,37). The molecular weight excluding hydrogens is 574 g/mol. The summed E-state index contributed by atoms with van der Waals surface area (Å²) in [7, 11) is -3.99. The van der Waals surface area contributed by atoms with Crippen LogP contribution in [0.2, 0.25) is 0 Å². The molecule has 0 aliphatic carbocycles. The van der Waals surface area contributed by atoms with Crippen molar-refractivity contribution in [3.05, 3.63) is 83.9 Å². The van der Waals surface area contributed by atoms with E-state index in [2.05, 4.69) is 15.1 Å². The molecule has 3 aromatic carbocycles. The third kappa shape index (κ3) is 6.72. The number of phenols is 1. The molecule has 3 heterocycles. The molecule has 0 bridgehead atoms. The maximum Gasteiger partial charge on any atom is 0.264 e. The maximum atomic E-state index is 13.9. The Morgan fingerprint density at radius 2 is 1.36 bits per heavy atom. The van der Waals surface area contributed by atoms with Gasteiger partial charge in [-0.2, -0.15) is 15.0 Å². The first-order valence-corrected chi connectivity index (χ1v) is 16.8. The summed E-state index contributed by atoms with van der Waals surface area (Å²) in [6.07, 6.45) is 6.83. The number of nitrogens with zero attached hydrogens (tertiary/aromatic N) is 6. The van der Waals surface area contributed by atoms with Crippen LogP contribution in [0.25, 0.3) is 0 Å². The fourth-order valence-corrected chi connectivity index (χ4v) is 7.17. The summed E-state index contributed by atoms with van der Waals surface area (Å²) < 4.78 is 29.1. The molecule has 2 N–H and O–H groups in total. The van der Waals surface area contributed by atoms with Crippen molar-refractivity contribution in [3.63, 3.8) is 0 Å².